The van der Waals surface area contributed by atoms with Gasteiger partial charge in [-0.25, -0.2) is 4.79 Å². The molecule has 3 heteroatoms. The van der Waals surface area contributed by atoms with E-state index in [-0.39, 0.29) is 11.6 Å². The number of likely N-dealkylation sites (tertiary alicyclic amines) is 1. The van der Waals surface area contributed by atoms with Crippen molar-refractivity contribution in [1.82, 2.24) is 10.2 Å². The lowest BCUT2D eigenvalue weighted by molar-refractivity contribution is 0.181. The van der Waals surface area contributed by atoms with Gasteiger partial charge in [0.2, 0.25) is 0 Å². The van der Waals surface area contributed by atoms with Gasteiger partial charge in [-0.3, -0.25) is 0 Å². The molecular formula is C16H22N2O. The first kappa shape index (κ1) is 12.5. The minimum Gasteiger partial charge on any atom is -0.328 e. The van der Waals surface area contributed by atoms with Crippen molar-refractivity contribution in [2.45, 2.75) is 44.6 Å². The first-order valence-electron chi connectivity index (χ1n) is 7.34. The van der Waals surface area contributed by atoms with E-state index in [1.165, 1.54) is 17.5 Å². The highest BCUT2D eigenvalue weighted by Gasteiger charge is 2.46. The smallest absolute Gasteiger partial charge is 0.318 e. The third-order valence-electron chi connectivity index (χ3n) is 4.34. The molecule has 2 amide bonds. The molecule has 0 unspecified atom stereocenters. The molecule has 1 aromatic rings. The summed E-state index contributed by atoms with van der Waals surface area (Å²) in [5.74, 6) is 0. The molecule has 1 aromatic carbocycles. The monoisotopic (exact) mass is 258 g/mol. The summed E-state index contributed by atoms with van der Waals surface area (Å²) < 4.78 is 0. The fourth-order valence-corrected chi connectivity index (χ4v) is 2.86. The third kappa shape index (κ3) is 2.60. The molecule has 1 saturated heterocycles. The molecule has 0 radical (unpaired) electrons. The molecule has 0 bridgehead atoms. The van der Waals surface area contributed by atoms with Crippen LogP contribution in [0.25, 0.3) is 0 Å². The number of hydrogen-bond donors (Lipinski definition) is 1. The average Bonchev–Trinajstić information content (AvgIpc) is 3.21. The van der Waals surface area contributed by atoms with Crippen molar-refractivity contribution in [1.29, 1.82) is 0 Å². The molecule has 2 fully saturated rings. The Hall–Kier alpha value is -1.51. The van der Waals surface area contributed by atoms with Gasteiger partial charge in [-0.05, 0) is 44.6 Å². The molecule has 1 saturated carbocycles. The Morgan fingerprint density at radius 2 is 1.74 bits per heavy atom. The maximum Gasteiger partial charge on any atom is 0.318 e. The van der Waals surface area contributed by atoms with Gasteiger partial charge in [0.25, 0.3) is 0 Å². The number of nitrogens with one attached hydrogen (secondary N) is 1. The maximum atomic E-state index is 12.3. The molecule has 0 atom stereocenters. The third-order valence-corrected chi connectivity index (χ3v) is 4.34. The van der Waals surface area contributed by atoms with E-state index in [1.54, 1.807) is 0 Å². The minimum atomic E-state index is -0.0811. The largest absolute Gasteiger partial charge is 0.328 e. The van der Waals surface area contributed by atoms with Crippen LogP contribution in [0.3, 0.4) is 0 Å². The highest BCUT2D eigenvalue weighted by molar-refractivity contribution is 5.76. The van der Waals surface area contributed by atoms with E-state index in [2.05, 4.69) is 36.5 Å². The average molecular weight is 258 g/mol. The fourth-order valence-electron chi connectivity index (χ4n) is 2.86. The number of piperidine rings is 1. The number of carbonyl (C=O) groups is 1. The van der Waals surface area contributed by atoms with Crippen molar-refractivity contribution in [3.63, 3.8) is 0 Å². The van der Waals surface area contributed by atoms with Gasteiger partial charge in [0, 0.05) is 13.1 Å². The van der Waals surface area contributed by atoms with Gasteiger partial charge in [0.15, 0.2) is 0 Å². The molecule has 2 aliphatic rings. The number of hydrogen-bond acceptors (Lipinski definition) is 1. The Bertz CT molecular complexity index is 456. The molecule has 1 aliphatic carbocycles. The molecule has 0 aromatic heterocycles. The standard InChI is InChI=1S/C16H22N2O/c1-13-5-7-14(8-6-13)16(9-10-16)17-15(19)18-11-3-2-4-12-18/h5-8H,2-4,9-12H2,1H3,(H,17,19). The zero-order chi connectivity index (χ0) is 13.3. The predicted octanol–water partition coefficient (Wildman–Crippen LogP) is 3.18. The van der Waals surface area contributed by atoms with Crippen LogP contribution in [0.1, 0.15) is 43.2 Å². The molecular weight excluding hydrogens is 236 g/mol. The van der Waals surface area contributed by atoms with Crippen molar-refractivity contribution in [3.05, 3.63) is 35.4 Å². The van der Waals surface area contributed by atoms with E-state index in [9.17, 15) is 4.79 Å². The SMILES string of the molecule is Cc1ccc(C2(NC(=O)N3CCCCC3)CC2)cc1. The number of aryl methyl sites for hydroxylation is 1. The van der Waals surface area contributed by atoms with E-state index in [0.717, 1.165) is 38.8 Å². The van der Waals surface area contributed by atoms with E-state index < -0.39 is 0 Å². The second-order valence-electron chi connectivity index (χ2n) is 5.93. The summed E-state index contributed by atoms with van der Waals surface area (Å²) in [4.78, 5) is 14.3. The number of amides is 2. The number of rotatable bonds is 2. The van der Waals surface area contributed by atoms with Crippen LogP contribution in [0.4, 0.5) is 4.79 Å². The molecule has 3 nitrogen and oxygen atoms in total. The predicted molar refractivity (Wildman–Crippen MR) is 76.0 cm³/mol. The van der Waals surface area contributed by atoms with Gasteiger partial charge in [-0.15, -0.1) is 0 Å². The second-order valence-corrected chi connectivity index (χ2v) is 5.93. The first-order chi connectivity index (χ1) is 9.20. The van der Waals surface area contributed by atoms with Crippen LogP contribution in [0, 0.1) is 6.92 Å². The minimum absolute atomic E-state index is 0.0811. The Kier molecular flexibility index (Phi) is 3.21. The van der Waals surface area contributed by atoms with Gasteiger partial charge in [-0.2, -0.15) is 0 Å². The van der Waals surface area contributed by atoms with E-state index in [4.69, 9.17) is 0 Å². The van der Waals surface area contributed by atoms with Crippen LogP contribution >= 0.6 is 0 Å². The van der Waals surface area contributed by atoms with Crippen molar-refractivity contribution in [3.8, 4) is 0 Å². The zero-order valence-electron chi connectivity index (χ0n) is 11.6. The van der Waals surface area contributed by atoms with Gasteiger partial charge >= 0.3 is 6.03 Å². The van der Waals surface area contributed by atoms with Gasteiger partial charge in [-0.1, -0.05) is 29.8 Å². The van der Waals surface area contributed by atoms with Crippen molar-refractivity contribution in [2.75, 3.05) is 13.1 Å². The van der Waals surface area contributed by atoms with Crippen LogP contribution in [0.15, 0.2) is 24.3 Å². The number of nitrogens with zero attached hydrogens (tertiary/aromatic N) is 1. The molecule has 0 spiro atoms. The maximum absolute atomic E-state index is 12.3. The topological polar surface area (TPSA) is 32.3 Å². The first-order valence-corrected chi connectivity index (χ1v) is 7.34. The van der Waals surface area contributed by atoms with Crippen LogP contribution in [-0.2, 0) is 5.54 Å². The Morgan fingerprint density at radius 3 is 2.32 bits per heavy atom. The zero-order valence-corrected chi connectivity index (χ0v) is 11.6. The number of benzene rings is 1. The van der Waals surface area contributed by atoms with Crippen molar-refractivity contribution >= 4 is 6.03 Å². The molecule has 3 rings (SSSR count). The molecule has 19 heavy (non-hydrogen) atoms. The van der Waals surface area contributed by atoms with Crippen molar-refractivity contribution < 1.29 is 4.79 Å². The normalized spacial score (nSPS) is 21.0. The fraction of sp³-hybridized carbons (Fsp3) is 0.562. The lowest BCUT2D eigenvalue weighted by Crippen LogP contribution is -2.46. The summed E-state index contributed by atoms with van der Waals surface area (Å²) in [6.07, 6.45) is 5.67. The lowest BCUT2D eigenvalue weighted by Gasteiger charge is -2.29. The highest BCUT2D eigenvalue weighted by Crippen LogP contribution is 2.45. The summed E-state index contributed by atoms with van der Waals surface area (Å²) in [5.41, 5.74) is 2.44. The Balaban J connectivity index is 1.68. The number of carbonyl (C=O) groups excluding carboxylic acids is 1. The quantitative estimate of drug-likeness (QED) is 0.868. The Labute approximate surface area is 115 Å². The van der Waals surface area contributed by atoms with Gasteiger partial charge < -0.3 is 10.2 Å². The van der Waals surface area contributed by atoms with Crippen LogP contribution in [-0.4, -0.2) is 24.0 Å². The summed E-state index contributed by atoms with van der Waals surface area (Å²) in [6.45, 7) is 3.92. The second kappa shape index (κ2) is 4.87. The van der Waals surface area contributed by atoms with Crippen LogP contribution in [0.2, 0.25) is 0 Å². The molecule has 102 valence electrons. The summed E-state index contributed by atoms with van der Waals surface area (Å²) in [5, 5.41) is 3.26. The van der Waals surface area contributed by atoms with E-state index in [0.29, 0.717) is 0 Å². The molecule has 1 heterocycles. The molecule has 1 N–H and O–H groups in total. The van der Waals surface area contributed by atoms with E-state index >= 15 is 0 Å². The summed E-state index contributed by atoms with van der Waals surface area (Å²) >= 11 is 0. The summed E-state index contributed by atoms with van der Waals surface area (Å²) in [6, 6.07) is 8.68. The van der Waals surface area contributed by atoms with Gasteiger partial charge in [0.05, 0.1) is 5.54 Å². The number of urea groups is 1. The van der Waals surface area contributed by atoms with Crippen molar-refractivity contribution in [2.24, 2.45) is 0 Å². The van der Waals surface area contributed by atoms with Gasteiger partial charge in [0.1, 0.15) is 0 Å². The van der Waals surface area contributed by atoms with Crippen LogP contribution in [0.5, 0.6) is 0 Å². The van der Waals surface area contributed by atoms with E-state index in [1.807, 2.05) is 4.90 Å². The highest BCUT2D eigenvalue weighted by atomic mass is 16.2. The molecule has 1 aliphatic heterocycles. The Morgan fingerprint density at radius 1 is 1.11 bits per heavy atom. The van der Waals surface area contributed by atoms with Crippen LogP contribution < -0.4 is 5.32 Å². The lowest BCUT2D eigenvalue weighted by atomic mass is 10.0. The summed E-state index contributed by atoms with van der Waals surface area (Å²) in [7, 11) is 0.